The van der Waals surface area contributed by atoms with Crippen molar-refractivity contribution in [1.82, 2.24) is 15.1 Å². The maximum Gasteiger partial charge on any atom is 0.317 e. The molecule has 0 saturated heterocycles. The lowest BCUT2D eigenvalue weighted by Gasteiger charge is -2.33. The zero-order valence-corrected chi connectivity index (χ0v) is 16.5. The van der Waals surface area contributed by atoms with Crippen molar-refractivity contribution < 1.29 is 9.53 Å². The first-order chi connectivity index (χ1) is 12.6. The van der Waals surface area contributed by atoms with Gasteiger partial charge >= 0.3 is 6.03 Å². The van der Waals surface area contributed by atoms with Crippen LogP contribution in [0.4, 0.5) is 4.79 Å². The Hall–Kier alpha value is -1.75. The average molecular weight is 360 g/mol. The Kier molecular flexibility index (Phi) is 6.41. The molecule has 144 valence electrons. The summed E-state index contributed by atoms with van der Waals surface area (Å²) in [5.74, 6) is 1.82. The van der Waals surface area contributed by atoms with E-state index in [4.69, 9.17) is 4.74 Å². The third-order valence-electron chi connectivity index (χ3n) is 5.96. The van der Waals surface area contributed by atoms with E-state index in [0.29, 0.717) is 6.04 Å². The number of nitrogens with zero attached hydrogens (tertiary/aromatic N) is 2. The lowest BCUT2D eigenvalue weighted by atomic mass is 9.84. The van der Waals surface area contributed by atoms with E-state index >= 15 is 0 Å². The molecule has 1 aliphatic carbocycles. The first-order valence-corrected chi connectivity index (χ1v) is 9.91. The molecule has 1 N–H and O–H groups in total. The van der Waals surface area contributed by atoms with E-state index in [1.54, 1.807) is 26.1 Å². The highest BCUT2D eigenvalue weighted by molar-refractivity contribution is 5.73. The van der Waals surface area contributed by atoms with Gasteiger partial charge in [0.25, 0.3) is 0 Å². The van der Waals surface area contributed by atoms with E-state index < -0.39 is 0 Å². The number of rotatable bonds is 5. The molecule has 5 nitrogen and oxygen atoms in total. The van der Waals surface area contributed by atoms with E-state index in [1.165, 1.54) is 30.4 Å². The molecule has 5 heteroatoms. The number of benzene rings is 1. The van der Waals surface area contributed by atoms with Gasteiger partial charge in [-0.15, -0.1) is 0 Å². The number of hydrogen-bond donors (Lipinski definition) is 1. The van der Waals surface area contributed by atoms with Crippen LogP contribution in [-0.2, 0) is 13.0 Å². The van der Waals surface area contributed by atoms with Crippen molar-refractivity contribution >= 4 is 6.03 Å². The van der Waals surface area contributed by atoms with E-state index in [-0.39, 0.29) is 6.03 Å². The zero-order valence-electron chi connectivity index (χ0n) is 16.5. The second-order valence-electron chi connectivity index (χ2n) is 7.97. The number of hydrogen-bond acceptors (Lipinski definition) is 3. The van der Waals surface area contributed by atoms with Crippen LogP contribution in [0, 0.1) is 5.92 Å². The summed E-state index contributed by atoms with van der Waals surface area (Å²) in [5.41, 5.74) is 2.81. The molecule has 1 heterocycles. The third-order valence-corrected chi connectivity index (χ3v) is 5.96. The van der Waals surface area contributed by atoms with Crippen molar-refractivity contribution in [2.75, 3.05) is 34.3 Å². The SMILES string of the molecule is COc1cccc2c1CN(CCC1CCC(NC(=O)N(C)C)CC1)CC2. The molecular weight excluding hydrogens is 326 g/mol. The lowest BCUT2D eigenvalue weighted by molar-refractivity contribution is 0.192. The van der Waals surface area contributed by atoms with E-state index in [1.807, 2.05) is 0 Å². The molecule has 1 aromatic rings. The largest absolute Gasteiger partial charge is 0.496 e. The van der Waals surface area contributed by atoms with Crippen molar-refractivity contribution in [1.29, 1.82) is 0 Å². The first-order valence-electron chi connectivity index (χ1n) is 9.91. The summed E-state index contributed by atoms with van der Waals surface area (Å²) < 4.78 is 5.55. The highest BCUT2D eigenvalue weighted by atomic mass is 16.5. The summed E-state index contributed by atoms with van der Waals surface area (Å²) in [6, 6.07) is 6.80. The summed E-state index contributed by atoms with van der Waals surface area (Å²) in [6.07, 6.45) is 7.06. The van der Waals surface area contributed by atoms with Gasteiger partial charge in [0.05, 0.1) is 7.11 Å². The monoisotopic (exact) mass is 359 g/mol. The second kappa shape index (κ2) is 8.76. The number of carbonyl (C=O) groups is 1. The van der Waals surface area contributed by atoms with E-state index in [2.05, 4.69) is 28.4 Å². The Balaban J connectivity index is 1.43. The van der Waals surface area contributed by atoms with Gasteiger partial charge in [0.1, 0.15) is 5.75 Å². The van der Waals surface area contributed by atoms with Crippen LogP contribution in [0.5, 0.6) is 5.75 Å². The van der Waals surface area contributed by atoms with Gasteiger partial charge in [-0.25, -0.2) is 4.79 Å². The number of nitrogens with one attached hydrogen (secondary N) is 1. The minimum atomic E-state index is 0.0365. The smallest absolute Gasteiger partial charge is 0.317 e. The van der Waals surface area contributed by atoms with Crippen LogP contribution < -0.4 is 10.1 Å². The first kappa shape index (κ1) is 19.0. The molecule has 2 aliphatic rings. The van der Waals surface area contributed by atoms with Crippen LogP contribution >= 0.6 is 0 Å². The fourth-order valence-corrected chi connectivity index (χ4v) is 4.25. The van der Waals surface area contributed by atoms with Crippen LogP contribution in [-0.4, -0.2) is 56.2 Å². The minimum Gasteiger partial charge on any atom is -0.496 e. The number of carbonyl (C=O) groups excluding carboxylic acids is 1. The van der Waals surface area contributed by atoms with Crippen molar-refractivity contribution in [2.45, 2.75) is 51.1 Å². The highest BCUT2D eigenvalue weighted by Crippen LogP contribution is 2.30. The Morgan fingerprint density at radius 3 is 2.73 bits per heavy atom. The van der Waals surface area contributed by atoms with Crippen LogP contribution in [0.1, 0.15) is 43.2 Å². The molecule has 1 fully saturated rings. The molecule has 0 spiro atoms. The standard InChI is InChI=1S/C21H33N3O2/c1-23(2)21(25)22-18-9-7-16(8-10-18)11-13-24-14-12-17-5-4-6-20(26-3)19(17)15-24/h4-6,16,18H,7-15H2,1-3H3,(H,22,25). The van der Waals surface area contributed by atoms with Gasteiger partial charge in [-0.1, -0.05) is 12.1 Å². The molecule has 1 aliphatic heterocycles. The number of amides is 2. The fraction of sp³-hybridized carbons (Fsp3) is 0.667. The van der Waals surface area contributed by atoms with Crippen molar-refractivity contribution in [2.24, 2.45) is 5.92 Å². The van der Waals surface area contributed by atoms with Crippen LogP contribution in [0.3, 0.4) is 0 Å². The summed E-state index contributed by atoms with van der Waals surface area (Å²) in [4.78, 5) is 16.0. The van der Waals surface area contributed by atoms with Crippen LogP contribution in [0.25, 0.3) is 0 Å². The molecule has 0 atom stereocenters. The van der Waals surface area contributed by atoms with Gasteiger partial charge in [0.2, 0.25) is 0 Å². The second-order valence-corrected chi connectivity index (χ2v) is 7.97. The Morgan fingerprint density at radius 2 is 2.04 bits per heavy atom. The minimum absolute atomic E-state index is 0.0365. The molecule has 2 amide bonds. The highest BCUT2D eigenvalue weighted by Gasteiger charge is 2.24. The molecule has 0 aromatic heterocycles. The summed E-state index contributed by atoms with van der Waals surface area (Å²) in [6.45, 7) is 3.32. The fourth-order valence-electron chi connectivity index (χ4n) is 4.25. The van der Waals surface area contributed by atoms with Crippen molar-refractivity contribution in [3.63, 3.8) is 0 Å². The zero-order chi connectivity index (χ0) is 18.5. The Labute approximate surface area is 157 Å². The van der Waals surface area contributed by atoms with Crippen LogP contribution in [0.2, 0.25) is 0 Å². The molecule has 3 rings (SSSR count). The van der Waals surface area contributed by atoms with Crippen molar-refractivity contribution in [3.05, 3.63) is 29.3 Å². The van der Waals surface area contributed by atoms with Crippen LogP contribution in [0.15, 0.2) is 18.2 Å². The molecule has 0 radical (unpaired) electrons. The maximum atomic E-state index is 11.8. The summed E-state index contributed by atoms with van der Waals surface area (Å²) in [7, 11) is 5.36. The molecule has 0 unspecified atom stereocenters. The van der Waals surface area contributed by atoms with Gasteiger partial charge in [-0.3, -0.25) is 4.90 Å². The van der Waals surface area contributed by atoms with Gasteiger partial charge in [-0.2, -0.15) is 0 Å². The quantitative estimate of drug-likeness (QED) is 0.877. The molecule has 0 bridgehead atoms. The van der Waals surface area contributed by atoms with E-state index in [0.717, 1.165) is 50.6 Å². The number of fused-ring (bicyclic) bond motifs is 1. The average Bonchev–Trinajstić information content (AvgIpc) is 2.66. The van der Waals surface area contributed by atoms with Crippen molar-refractivity contribution in [3.8, 4) is 5.75 Å². The third kappa shape index (κ3) is 4.70. The number of methoxy groups -OCH3 is 1. The normalized spacial score (nSPS) is 23.2. The lowest BCUT2D eigenvalue weighted by Crippen LogP contribution is -2.43. The molecule has 26 heavy (non-hydrogen) atoms. The maximum absolute atomic E-state index is 11.8. The predicted molar refractivity (Wildman–Crippen MR) is 105 cm³/mol. The molecular formula is C21H33N3O2. The topological polar surface area (TPSA) is 44.8 Å². The Morgan fingerprint density at radius 1 is 1.27 bits per heavy atom. The van der Waals surface area contributed by atoms with E-state index in [9.17, 15) is 4.79 Å². The molecule has 1 saturated carbocycles. The summed E-state index contributed by atoms with van der Waals surface area (Å²) >= 11 is 0. The van der Waals surface area contributed by atoms with Gasteiger partial charge in [0, 0.05) is 38.8 Å². The van der Waals surface area contributed by atoms with Gasteiger partial charge < -0.3 is 15.0 Å². The predicted octanol–water partition coefficient (Wildman–Crippen LogP) is 3.27. The Bertz CT molecular complexity index is 595. The molecule has 1 aromatic carbocycles. The van der Waals surface area contributed by atoms with Gasteiger partial charge in [-0.05, 0) is 62.6 Å². The number of ether oxygens (including phenoxy) is 1. The summed E-state index contributed by atoms with van der Waals surface area (Å²) in [5, 5.41) is 3.13. The number of urea groups is 1. The van der Waals surface area contributed by atoms with Gasteiger partial charge in [0.15, 0.2) is 0 Å².